The standard InChI is InChI=1S/C19H20FNO5/c1-25-15-7-2-13(3-8-15)4-11-18(22)21-12-17(19(23)24)26-16-9-5-14(20)6-10-16/h2-3,5-10,17H,4,11-12H2,1H3,(H,21,22)(H,23,24). The van der Waals surface area contributed by atoms with Crippen molar-refractivity contribution < 1.29 is 28.6 Å². The summed E-state index contributed by atoms with van der Waals surface area (Å²) in [5, 5.41) is 11.7. The monoisotopic (exact) mass is 361 g/mol. The van der Waals surface area contributed by atoms with Gasteiger partial charge in [-0.3, -0.25) is 4.79 Å². The molecule has 0 fully saturated rings. The van der Waals surface area contributed by atoms with Crippen LogP contribution in [0.5, 0.6) is 11.5 Å². The van der Waals surface area contributed by atoms with Crippen LogP contribution in [0.4, 0.5) is 4.39 Å². The minimum Gasteiger partial charge on any atom is -0.497 e. The summed E-state index contributed by atoms with van der Waals surface area (Å²) in [6, 6.07) is 12.3. The highest BCUT2D eigenvalue weighted by atomic mass is 19.1. The summed E-state index contributed by atoms with van der Waals surface area (Å²) in [7, 11) is 1.58. The van der Waals surface area contributed by atoms with Crippen LogP contribution >= 0.6 is 0 Å². The first-order chi connectivity index (χ1) is 12.5. The molecule has 1 atom stereocenters. The van der Waals surface area contributed by atoms with Gasteiger partial charge in [-0.2, -0.15) is 0 Å². The van der Waals surface area contributed by atoms with Gasteiger partial charge in [0, 0.05) is 6.42 Å². The maximum atomic E-state index is 12.9. The van der Waals surface area contributed by atoms with Crippen LogP contribution in [0.1, 0.15) is 12.0 Å². The van der Waals surface area contributed by atoms with E-state index in [4.69, 9.17) is 9.47 Å². The van der Waals surface area contributed by atoms with E-state index >= 15 is 0 Å². The van der Waals surface area contributed by atoms with Crippen molar-refractivity contribution in [1.29, 1.82) is 0 Å². The molecule has 2 rings (SSSR count). The van der Waals surface area contributed by atoms with Crippen molar-refractivity contribution >= 4 is 11.9 Å². The van der Waals surface area contributed by atoms with Crippen molar-refractivity contribution in [3.63, 3.8) is 0 Å². The van der Waals surface area contributed by atoms with Gasteiger partial charge in [-0.15, -0.1) is 0 Å². The summed E-state index contributed by atoms with van der Waals surface area (Å²) in [5.74, 6) is -0.998. The van der Waals surface area contributed by atoms with Gasteiger partial charge >= 0.3 is 5.97 Å². The Labute approximate surface area is 150 Å². The number of halogens is 1. The van der Waals surface area contributed by atoms with E-state index in [9.17, 15) is 19.1 Å². The predicted octanol–water partition coefficient (Wildman–Crippen LogP) is 2.42. The molecule has 0 radical (unpaired) electrons. The second-order valence-electron chi connectivity index (χ2n) is 5.55. The van der Waals surface area contributed by atoms with E-state index in [0.717, 1.165) is 11.3 Å². The number of hydrogen-bond donors (Lipinski definition) is 2. The van der Waals surface area contributed by atoms with Crippen molar-refractivity contribution in [3.8, 4) is 11.5 Å². The van der Waals surface area contributed by atoms with Crippen LogP contribution in [-0.2, 0) is 16.0 Å². The third-order valence-electron chi connectivity index (χ3n) is 3.65. The van der Waals surface area contributed by atoms with Gasteiger partial charge in [0.15, 0.2) is 0 Å². The molecule has 138 valence electrons. The van der Waals surface area contributed by atoms with Crippen LogP contribution in [-0.4, -0.2) is 36.7 Å². The second-order valence-corrected chi connectivity index (χ2v) is 5.55. The van der Waals surface area contributed by atoms with Crippen LogP contribution in [0.2, 0.25) is 0 Å². The Morgan fingerprint density at radius 3 is 2.27 bits per heavy atom. The zero-order valence-corrected chi connectivity index (χ0v) is 14.3. The van der Waals surface area contributed by atoms with Crippen molar-refractivity contribution in [1.82, 2.24) is 5.32 Å². The lowest BCUT2D eigenvalue weighted by atomic mass is 10.1. The van der Waals surface area contributed by atoms with Crippen LogP contribution < -0.4 is 14.8 Å². The molecule has 2 N–H and O–H groups in total. The molecule has 0 saturated carbocycles. The van der Waals surface area contributed by atoms with Gasteiger partial charge in [-0.1, -0.05) is 12.1 Å². The number of rotatable bonds is 9. The first kappa shape index (κ1) is 19.2. The second kappa shape index (κ2) is 9.41. The molecule has 0 bridgehead atoms. The van der Waals surface area contributed by atoms with Gasteiger partial charge < -0.3 is 19.9 Å². The minimum absolute atomic E-state index is 0.186. The molecule has 0 spiro atoms. The first-order valence-electron chi connectivity index (χ1n) is 8.02. The summed E-state index contributed by atoms with van der Waals surface area (Å²) in [4.78, 5) is 23.2. The maximum absolute atomic E-state index is 12.9. The number of carbonyl (C=O) groups is 2. The normalized spacial score (nSPS) is 11.5. The molecule has 0 saturated heterocycles. The van der Waals surface area contributed by atoms with Crippen LogP contribution in [0.3, 0.4) is 0 Å². The number of hydrogen-bond acceptors (Lipinski definition) is 4. The fourth-order valence-corrected chi connectivity index (χ4v) is 2.20. The fourth-order valence-electron chi connectivity index (χ4n) is 2.20. The lowest BCUT2D eigenvalue weighted by molar-refractivity contribution is -0.145. The largest absolute Gasteiger partial charge is 0.497 e. The molecule has 6 nitrogen and oxygen atoms in total. The van der Waals surface area contributed by atoms with Gasteiger partial charge in [0.25, 0.3) is 0 Å². The molecule has 0 aliphatic heterocycles. The number of amides is 1. The zero-order chi connectivity index (χ0) is 18.9. The molecule has 7 heteroatoms. The molecule has 2 aromatic carbocycles. The Balaban J connectivity index is 1.80. The van der Waals surface area contributed by atoms with Gasteiger partial charge in [0.2, 0.25) is 12.0 Å². The SMILES string of the molecule is COc1ccc(CCC(=O)NCC(Oc2ccc(F)cc2)C(=O)O)cc1. The average molecular weight is 361 g/mol. The molecule has 1 unspecified atom stereocenters. The topological polar surface area (TPSA) is 84.9 Å². The highest BCUT2D eigenvalue weighted by Gasteiger charge is 2.20. The number of carboxylic acids is 1. The number of carbonyl (C=O) groups excluding carboxylic acids is 1. The van der Waals surface area contributed by atoms with Gasteiger partial charge in [0.05, 0.1) is 13.7 Å². The highest BCUT2D eigenvalue weighted by Crippen LogP contribution is 2.14. The number of aliphatic carboxylic acids is 1. The van der Waals surface area contributed by atoms with Gasteiger partial charge in [0.1, 0.15) is 17.3 Å². The molecule has 0 aromatic heterocycles. The number of ether oxygens (including phenoxy) is 2. The number of carboxylic acid groups (broad SMARTS) is 1. The van der Waals surface area contributed by atoms with E-state index in [1.165, 1.54) is 24.3 Å². The average Bonchev–Trinajstić information content (AvgIpc) is 2.65. The van der Waals surface area contributed by atoms with E-state index in [1.54, 1.807) is 7.11 Å². The summed E-state index contributed by atoms with van der Waals surface area (Å²) in [6.07, 6.45) is -0.521. The molecule has 1 amide bonds. The number of benzene rings is 2. The number of methoxy groups -OCH3 is 1. The van der Waals surface area contributed by atoms with Crippen LogP contribution in [0.25, 0.3) is 0 Å². The Morgan fingerprint density at radius 2 is 1.69 bits per heavy atom. The Morgan fingerprint density at radius 1 is 1.08 bits per heavy atom. The molecule has 0 aliphatic carbocycles. The summed E-state index contributed by atoms with van der Waals surface area (Å²) in [5.41, 5.74) is 0.971. The maximum Gasteiger partial charge on any atom is 0.346 e. The molecule has 2 aromatic rings. The summed E-state index contributed by atoms with van der Waals surface area (Å²) in [6.45, 7) is -0.186. The summed E-state index contributed by atoms with van der Waals surface area (Å²) < 4.78 is 23.2. The summed E-state index contributed by atoms with van der Waals surface area (Å²) >= 11 is 0. The minimum atomic E-state index is -1.26. The van der Waals surface area contributed by atoms with Gasteiger partial charge in [-0.25, -0.2) is 9.18 Å². The molecule has 0 heterocycles. The lowest BCUT2D eigenvalue weighted by Crippen LogP contribution is -2.40. The Bertz CT molecular complexity index is 731. The number of nitrogens with one attached hydrogen (secondary N) is 1. The van der Waals surface area contributed by atoms with Crippen LogP contribution in [0, 0.1) is 5.82 Å². The van der Waals surface area contributed by atoms with E-state index in [2.05, 4.69) is 5.32 Å². The fraction of sp³-hybridized carbons (Fsp3) is 0.263. The predicted molar refractivity (Wildman–Crippen MR) is 92.8 cm³/mol. The smallest absolute Gasteiger partial charge is 0.346 e. The van der Waals surface area contributed by atoms with Crippen LogP contribution in [0.15, 0.2) is 48.5 Å². The van der Waals surface area contributed by atoms with E-state index < -0.39 is 17.9 Å². The Hall–Kier alpha value is -3.09. The van der Waals surface area contributed by atoms with Crippen molar-refractivity contribution in [2.75, 3.05) is 13.7 Å². The first-order valence-corrected chi connectivity index (χ1v) is 8.02. The van der Waals surface area contributed by atoms with Crippen molar-refractivity contribution in [3.05, 3.63) is 59.9 Å². The molecule has 26 heavy (non-hydrogen) atoms. The van der Waals surface area contributed by atoms with Gasteiger partial charge in [-0.05, 0) is 48.4 Å². The molecule has 0 aliphatic rings. The van der Waals surface area contributed by atoms with E-state index in [0.29, 0.717) is 6.42 Å². The quantitative estimate of drug-likeness (QED) is 0.716. The van der Waals surface area contributed by atoms with Crippen molar-refractivity contribution in [2.45, 2.75) is 18.9 Å². The zero-order valence-electron chi connectivity index (χ0n) is 14.3. The number of aryl methyl sites for hydroxylation is 1. The van der Waals surface area contributed by atoms with Crippen molar-refractivity contribution in [2.24, 2.45) is 0 Å². The highest BCUT2D eigenvalue weighted by molar-refractivity contribution is 5.78. The molecular weight excluding hydrogens is 341 g/mol. The molecular formula is C19H20FNO5. The lowest BCUT2D eigenvalue weighted by Gasteiger charge is -2.16. The van der Waals surface area contributed by atoms with E-state index in [1.807, 2.05) is 24.3 Å². The third kappa shape index (κ3) is 6.08. The third-order valence-corrected chi connectivity index (χ3v) is 3.65. The van der Waals surface area contributed by atoms with E-state index in [-0.39, 0.29) is 24.6 Å². The Kier molecular flexibility index (Phi) is 6.96.